The Morgan fingerprint density at radius 2 is 1.76 bits per heavy atom. The molecule has 3 aromatic rings. The molecule has 10 heteroatoms. The van der Waals surface area contributed by atoms with Gasteiger partial charge < -0.3 is 14.4 Å². The molecule has 0 N–H and O–H groups in total. The van der Waals surface area contributed by atoms with E-state index in [4.69, 9.17) is 9.47 Å². The first-order valence-electron chi connectivity index (χ1n) is 9.14. The quantitative estimate of drug-likeness (QED) is 0.628. The molecule has 0 bridgehead atoms. The summed E-state index contributed by atoms with van der Waals surface area (Å²) in [6.45, 7) is 2.22. The van der Waals surface area contributed by atoms with E-state index < -0.39 is 10.0 Å². The molecule has 1 saturated heterocycles. The van der Waals surface area contributed by atoms with Crippen LogP contribution in [0.4, 0.5) is 5.82 Å². The number of sulfonamides is 1. The highest BCUT2D eigenvalue weighted by Gasteiger charge is 2.29. The number of anilines is 1. The number of thiophene rings is 1. The summed E-state index contributed by atoms with van der Waals surface area (Å²) in [6.07, 6.45) is 0. The number of fused-ring (bicyclic) bond motifs is 1. The lowest BCUT2D eigenvalue weighted by Crippen LogP contribution is -2.48. The summed E-state index contributed by atoms with van der Waals surface area (Å²) in [7, 11) is -3.41. The topological polar surface area (TPSA) is 84.9 Å². The number of rotatable bonds is 4. The van der Waals surface area contributed by atoms with E-state index in [1.807, 2.05) is 30.3 Å². The van der Waals surface area contributed by atoms with Crippen LogP contribution in [0.2, 0.25) is 0 Å². The van der Waals surface area contributed by atoms with Gasteiger partial charge in [0.1, 0.15) is 4.21 Å². The molecule has 8 nitrogen and oxygen atoms in total. The van der Waals surface area contributed by atoms with Crippen LogP contribution in [0.5, 0.6) is 11.5 Å². The van der Waals surface area contributed by atoms with E-state index in [0.29, 0.717) is 36.1 Å². The fourth-order valence-electron chi connectivity index (χ4n) is 3.40. The predicted molar refractivity (Wildman–Crippen MR) is 109 cm³/mol. The zero-order chi connectivity index (χ0) is 19.8. The van der Waals surface area contributed by atoms with Gasteiger partial charge in [0, 0.05) is 31.7 Å². The van der Waals surface area contributed by atoms with Gasteiger partial charge in [-0.1, -0.05) is 6.07 Å². The fraction of sp³-hybridized carbons (Fsp3) is 0.263. The molecule has 0 radical (unpaired) electrons. The van der Waals surface area contributed by atoms with Crippen molar-refractivity contribution in [1.29, 1.82) is 0 Å². The lowest BCUT2D eigenvalue weighted by atomic mass is 10.1. The molecule has 0 saturated carbocycles. The highest BCUT2D eigenvalue weighted by molar-refractivity contribution is 7.91. The molecule has 0 atom stereocenters. The minimum absolute atomic E-state index is 0.234. The number of nitrogens with zero attached hydrogens (tertiary/aromatic N) is 4. The summed E-state index contributed by atoms with van der Waals surface area (Å²) in [6, 6.07) is 12.9. The van der Waals surface area contributed by atoms with Gasteiger partial charge in [-0.25, -0.2) is 8.42 Å². The summed E-state index contributed by atoms with van der Waals surface area (Å²) < 4.78 is 38.0. The Hall–Kier alpha value is -2.69. The first kappa shape index (κ1) is 18.3. The van der Waals surface area contributed by atoms with E-state index in [-0.39, 0.29) is 6.79 Å². The van der Waals surface area contributed by atoms with E-state index in [2.05, 4.69) is 15.1 Å². The van der Waals surface area contributed by atoms with Crippen LogP contribution in [-0.2, 0) is 10.0 Å². The molecule has 0 spiro atoms. The molecule has 1 aromatic carbocycles. The number of ether oxygens (including phenoxy) is 2. The molecule has 2 aromatic heterocycles. The van der Waals surface area contributed by atoms with Crippen molar-refractivity contribution in [2.24, 2.45) is 0 Å². The molecule has 0 unspecified atom stereocenters. The molecule has 1 fully saturated rings. The Labute approximate surface area is 172 Å². The molecule has 29 heavy (non-hydrogen) atoms. The van der Waals surface area contributed by atoms with Crippen LogP contribution in [-0.4, -0.2) is 55.9 Å². The van der Waals surface area contributed by atoms with Crippen molar-refractivity contribution in [1.82, 2.24) is 14.5 Å². The second-order valence-electron chi connectivity index (χ2n) is 6.67. The van der Waals surface area contributed by atoms with Gasteiger partial charge in [-0.05, 0) is 41.8 Å². The van der Waals surface area contributed by atoms with Crippen molar-refractivity contribution in [3.63, 3.8) is 0 Å². The van der Waals surface area contributed by atoms with Crippen LogP contribution in [0.3, 0.4) is 0 Å². The summed E-state index contributed by atoms with van der Waals surface area (Å²) >= 11 is 1.25. The second-order valence-corrected chi connectivity index (χ2v) is 9.78. The lowest BCUT2D eigenvalue weighted by molar-refractivity contribution is 0.174. The van der Waals surface area contributed by atoms with E-state index in [9.17, 15) is 8.42 Å². The monoisotopic (exact) mass is 430 g/mol. The Morgan fingerprint density at radius 3 is 2.48 bits per heavy atom. The van der Waals surface area contributed by atoms with Gasteiger partial charge in [-0.15, -0.1) is 21.5 Å². The number of piperazine rings is 1. The van der Waals surface area contributed by atoms with Gasteiger partial charge in [-0.2, -0.15) is 4.31 Å². The van der Waals surface area contributed by atoms with E-state index in [1.165, 1.54) is 15.6 Å². The SMILES string of the molecule is O=S(=O)(c1cccs1)N1CCN(c2ccc(-c3ccc4c(c3)OCO4)nn2)CC1. The normalized spacial score (nSPS) is 16.9. The van der Waals surface area contributed by atoms with Crippen LogP contribution in [0.15, 0.2) is 52.1 Å². The summed E-state index contributed by atoms with van der Waals surface area (Å²) in [5.74, 6) is 2.17. The van der Waals surface area contributed by atoms with Crippen LogP contribution in [0.1, 0.15) is 0 Å². The van der Waals surface area contributed by atoms with Gasteiger partial charge in [0.2, 0.25) is 6.79 Å². The molecule has 150 valence electrons. The zero-order valence-corrected chi connectivity index (χ0v) is 17.0. The third-order valence-electron chi connectivity index (χ3n) is 4.97. The minimum Gasteiger partial charge on any atom is -0.454 e. The Bertz CT molecular complexity index is 1110. The first-order chi connectivity index (χ1) is 14.1. The Morgan fingerprint density at radius 1 is 0.931 bits per heavy atom. The van der Waals surface area contributed by atoms with E-state index in [1.54, 1.807) is 17.5 Å². The predicted octanol–water partition coefficient (Wildman–Crippen LogP) is 2.44. The molecule has 0 aliphatic carbocycles. The third-order valence-corrected chi connectivity index (χ3v) is 8.24. The number of hydrogen-bond donors (Lipinski definition) is 0. The van der Waals surface area contributed by atoms with Crippen molar-refractivity contribution in [2.45, 2.75) is 4.21 Å². The maximum Gasteiger partial charge on any atom is 0.252 e. The fourth-order valence-corrected chi connectivity index (χ4v) is 5.97. The largest absolute Gasteiger partial charge is 0.454 e. The molecule has 4 heterocycles. The minimum atomic E-state index is -3.41. The molecular formula is C19H18N4O4S2. The maximum atomic E-state index is 12.6. The maximum absolute atomic E-state index is 12.6. The Kier molecular flexibility index (Phi) is 4.61. The van der Waals surface area contributed by atoms with Crippen molar-refractivity contribution in [3.05, 3.63) is 47.8 Å². The number of hydrogen-bond acceptors (Lipinski definition) is 8. The molecule has 2 aliphatic heterocycles. The van der Waals surface area contributed by atoms with E-state index >= 15 is 0 Å². The second kappa shape index (κ2) is 7.29. The van der Waals surface area contributed by atoms with Crippen molar-refractivity contribution >= 4 is 27.2 Å². The average Bonchev–Trinajstić information content (AvgIpc) is 3.46. The summed E-state index contributed by atoms with van der Waals surface area (Å²) in [5.41, 5.74) is 1.64. The molecular weight excluding hydrogens is 412 g/mol. The standard InChI is InChI=1S/C19H18N4O4S2/c24-29(25,19-2-1-11-28-19)23-9-7-22(8-10-23)18-6-4-15(20-21-18)14-3-5-16-17(12-14)27-13-26-16/h1-6,11-12H,7-10,13H2. The third kappa shape index (κ3) is 3.43. The highest BCUT2D eigenvalue weighted by atomic mass is 32.2. The van der Waals surface area contributed by atoms with Crippen molar-refractivity contribution in [2.75, 3.05) is 37.9 Å². The smallest absolute Gasteiger partial charge is 0.252 e. The lowest BCUT2D eigenvalue weighted by Gasteiger charge is -2.34. The zero-order valence-electron chi connectivity index (χ0n) is 15.4. The van der Waals surface area contributed by atoms with Crippen LogP contribution >= 0.6 is 11.3 Å². The number of benzene rings is 1. The molecule has 5 rings (SSSR count). The van der Waals surface area contributed by atoms with Gasteiger partial charge in [0.15, 0.2) is 17.3 Å². The first-order valence-corrected chi connectivity index (χ1v) is 11.5. The van der Waals surface area contributed by atoms with Gasteiger partial charge in [0.25, 0.3) is 10.0 Å². The number of aromatic nitrogens is 2. The summed E-state index contributed by atoms with van der Waals surface area (Å²) in [5, 5.41) is 10.5. The highest BCUT2D eigenvalue weighted by Crippen LogP contribution is 2.35. The van der Waals surface area contributed by atoms with Crippen LogP contribution < -0.4 is 14.4 Å². The van der Waals surface area contributed by atoms with Crippen LogP contribution in [0.25, 0.3) is 11.3 Å². The summed E-state index contributed by atoms with van der Waals surface area (Å²) in [4.78, 5) is 2.05. The van der Waals surface area contributed by atoms with Crippen molar-refractivity contribution in [3.8, 4) is 22.8 Å². The van der Waals surface area contributed by atoms with Gasteiger partial charge >= 0.3 is 0 Å². The van der Waals surface area contributed by atoms with Gasteiger partial charge in [0.05, 0.1) is 5.69 Å². The average molecular weight is 431 g/mol. The molecule has 0 amide bonds. The van der Waals surface area contributed by atoms with Crippen molar-refractivity contribution < 1.29 is 17.9 Å². The molecule has 2 aliphatic rings. The van der Waals surface area contributed by atoms with Crippen LogP contribution in [0, 0.1) is 0 Å². The van der Waals surface area contributed by atoms with E-state index in [0.717, 1.165) is 22.8 Å². The van der Waals surface area contributed by atoms with Gasteiger partial charge in [-0.3, -0.25) is 0 Å². The Balaban J connectivity index is 1.27.